The predicted molar refractivity (Wildman–Crippen MR) is 103 cm³/mol. The number of hydrogen-bond donors (Lipinski definition) is 0. The molecule has 0 aliphatic rings. The summed E-state index contributed by atoms with van der Waals surface area (Å²) in [7, 11) is -4.15. The molecule has 0 saturated carbocycles. The summed E-state index contributed by atoms with van der Waals surface area (Å²) in [6.07, 6.45) is 5.91. The topological polar surface area (TPSA) is 0 Å². The average molecular weight is 319 g/mol. The van der Waals surface area contributed by atoms with Gasteiger partial charge in [0.05, 0.1) is 24.2 Å². The minimum atomic E-state index is -1.42. The van der Waals surface area contributed by atoms with Crippen molar-refractivity contribution in [3.8, 4) is 12.3 Å². The molecule has 0 radical (unpaired) electrons. The summed E-state index contributed by atoms with van der Waals surface area (Å²) in [6, 6.07) is 4.91. The van der Waals surface area contributed by atoms with E-state index in [9.17, 15) is 0 Å². The SMILES string of the molecule is C#Cc1c([Si](C)(C)C)cc([Si](C)(C)C)cc1[Si](C)(C)C. The highest BCUT2D eigenvalue weighted by molar-refractivity contribution is 6.94. The Kier molecular flexibility index (Phi) is 4.65. The van der Waals surface area contributed by atoms with Crippen LogP contribution in [0.25, 0.3) is 0 Å². The Balaban J connectivity index is 3.81. The van der Waals surface area contributed by atoms with Crippen LogP contribution in [0.1, 0.15) is 5.56 Å². The highest BCUT2D eigenvalue weighted by Crippen LogP contribution is 2.12. The second-order valence-corrected chi connectivity index (χ2v) is 24.0. The standard InChI is InChI=1S/C17H30Si3/c1-11-15-16(19(5,6)7)12-14(18(2,3)4)13-17(15)20(8,9)10/h1,12-13H,2-10H3. The number of rotatable bonds is 3. The monoisotopic (exact) mass is 318 g/mol. The van der Waals surface area contributed by atoms with Crippen LogP contribution in [-0.4, -0.2) is 24.2 Å². The summed E-state index contributed by atoms with van der Waals surface area (Å²) in [5.74, 6) is 3.04. The average Bonchev–Trinajstić information content (AvgIpc) is 2.23. The van der Waals surface area contributed by atoms with Crippen molar-refractivity contribution in [1.29, 1.82) is 0 Å². The Bertz CT molecular complexity index is 509. The lowest BCUT2D eigenvalue weighted by Crippen LogP contribution is -2.54. The molecule has 20 heavy (non-hydrogen) atoms. The molecule has 0 aliphatic heterocycles. The van der Waals surface area contributed by atoms with Crippen molar-refractivity contribution in [2.45, 2.75) is 58.9 Å². The van der Waals surface area contributed by atoms with Crippen LogP contribution >= 0.6 is 0 Å². The molecule has 0 aliphatic carbocycles. The van der Waals surface area contributed by atoms with Gasteiger partial charge < -0.3 is 0 Å². The number of terminal acetylenes is 1. The molecule has 0 aromatic heterocycles. The van der Waals surface area contributed by atoms with Gasteiger partial charge in [-0.3, -0.25) is 0 Å². The first-order valence-electron chi connectivity index (χ1n) is 7.44. The number of hydrogen-bond acceptors (Lipinski definition) is 0. The third kappa shape index (κ3) is 3.75. The molecule has 0 bridgehead atoms. The van der Waals surface area contributed by atoms with E-state index >= 15 is 0 Å². The van der Waals surface area contributed by atoms with Gasteiger partial charge in [-0.25, -0.2) is 0 Å². The molecule has 0 unspecified atom stereocenters. The van der Waals surface area contributed by atoms with Crippen molar-refractivity contribution in [3.63, 3.8) is 0 Å². The molecule has 0 nitrogen and oxygen atoms in total. The fourth-order valence-corrected chi connectivity index (χ4v) is 7.07. The maximum absolute atomic E-state index is 5.91. The second kappa shape index (κ2) is 5.32. The Morgan fingerprint density at radius 3 is 1.25 bits per heavy atom. The number of benzene rings is 1. The first-order valence-corrected chi connectivity index (χ1v) is 17.9. The quantitative estimate of drug-likeness (QED) is 0.592. The third-order valence-corrected chi connectivity index (χ3v) is 9.81. The zero-order valence-electron chi connectivity index (χ0n) is 14.7. The van der Waals surface area contributed by atoms with Crippen LogP contribution < -0.4 is 15.6 Å². The lowest BCUT2D eigenvalue weighted by molar-refractivity contribution is 1.63. The summed E-state index contributed by atoms with van der Waals surface area (Å²) in [5.41, 5.74) is 1.23. The Morgan fingerprint density at radius 1 is 0.700 bits per heavy atom. The van der Waals surface area contributed by atoms with E-state index in [0.29, 0.717) is 0 Å². The lowest BCUT2D eigenvalue weighted by atomic mass is 10.2. The summed E-state index contributed by atoms with van der Waals surface area (Å²) in [4.78, 5) is 0. The van der Waals surface area contributed by atoms with Crippen molar-refractivity contribution >= 4 is 39.8 Å². The van der Waals surface area contributed by atoms with E-state index < -0.39 is 24.2 Å². The second-order valence-electron chi connectivity index (χ2n) is 8.84. The molecule has 0 fully saturated rings. The van der Waals surface area contributed by atoms with Crippen molar-refractivity contribution in [2.75, 3.05) is 0 Å². The maximum atomic E-state index is 5.91. The fraction of sp³-hybridized carbons (Fsp3) is 0.529. The van der Waals surface area contributed by atoms with Crippen LogP contribution in [0.15, 0.2) is 12.1 Å². The van der Waals surface area contributed by atoms with Gasteiger partial charge in [-0.1, -0.05) is 82.2 Å². The van der Waals surface area contributed by atoms with Gasteiger partial charge in [0.25, 0.3) is 0 Å². The Morgan fingerprint density at radius 2 is 1.05 bits per heavy atom. The molecule has 0 saturated heterocycles. The van der Waals surface area contributed by atoms with Gasteiger partial charge in [-0.2, -0.15) is 0 Å². The molecular weight excluding hydrogens is 288 g/mol. The molecular formula is C17H30Si3. The molecule has 1 aromatic rings. The van der Waals surface area contributed by atoms with E-state index in [1.807, 2.05) is 0 Å². The molecule has 1 rings (SSSR count). The Labute approximate surface area is 129 Å². The molecule has 0 amide bonds. The fourth-order valence-electron chi connectivity index (χ4n) is 2.41. The smallest absolute Gasteiger partial charge is 0.0792 e. The first kappa shape index (κ1) is 17.5. The highest BCUT2D eigenvalue weighted by Gasteiger charge is 2.30. The van der Waals surface area contributed by atoms with E-state index in [2.05, 4.69) is 77.0 Å². The zero-order chi connectivity index (χ0) is 15.9. The van der Waals surface area contributed by atoms with Crippen LogP contribution in [0.4, 0.5) is 0 Å². The molecule has 0 heterocycles. The lowest BCUT2D eigenvalue weighted by Gasteiger charge is -2.30. The maximum Gasteiger partial charge on any atom is 0.0792 e. The minimum absolute atomic E-state index is 1.23. The molecule has 1 aromatic carbocycles. The highest BCUT2D eigenvalue weighted by atomic mass is 28.3. The van der Waals surface area contributed by atoms with Crippen molar-refractivity contribution in [2.24, 2.45) is 0 Å². The van der Waals surface area contributed by atoms with E-state index in [-0.39, 0.29) is 0 Å². The summed E-state index contributed by atoms with van der Waals surface area (Å²) >= 11 is 0. The van der Waals surface area contributed by atoms with Crippen molar-refractivity contribution in [1.82, 2.24) is 0 Å². The van der Waals surface area contributed by atoms with Gasteiger partial charge in [-0.05, 0) is 10.4 Å². The van der Waals surface area contributed by atoms with E-state index in [1.54, 1.807) is 5.19 Å². The van der Waals surface area contributed by atoms with Gasteiger partial charge in [0.15, 0.2) is 0 Å². The minimum Gasteiger partial charge on any atom is -0.115 e. The molecule has 0 N–H and O–H groups in total. The largest absolute Gasteiger partial charge is 0.115 e. The van der Waals surface area contributed by atoms with Crippen LogP contribution in [0.5, 0.6) is 0 Å². The summed E-state index contributed by atoms with van der Waals surface area (Å²) in [5, 5.41) is 4.57. The van der Waals surface area contributed by atoms with Gasteiger partial charge >= 0.3 is 0 Å². The van der Waals surface area contributed by atoms with Gasteiger partial charge in [0, 0.05) is 5.56 Å². The third-order valence-electron chi connectivity index (χ3n) is 3.76. The van der Waals surface area contributed by atoms with E-state index in [4.69, 9.17) is 6.42 Å². The first-order chi connectivity index (χ1) is 8.78. The van der Waals surface area contributed by atoms with E-state index in [0.717, 1.165) is 0 Å². The van der Waals surface area contributed by atoms with Crippen LogP contribution in [0.2, 0.25) is 58.9 Å². The van der Waals surface area contributed by atoms with Gasteiger partial charge in [-0.15, -0.1) is 6.42 Å². The summed E-state index contributed by atoms with van der Waals surface area (Å²) in [6.45, 7) is 21.7. The zero-order valence-corrected chi connectivity index (χ0v) is 17.7. The van der Waals surface area contributed by atoms with Crippen LogP contribution in [-0.2, 0) is 0 Å². The molecule has 3 heteroatoms. The summed E-state index contributed by atoms with van der Waals surface area (Å²) < 4.78 is 0. The van der Waals surface area contributed by atoms with Crippen LogP contribution in [0.3, 0.4) is 0 Å². The molecule has 110 valence electrons. The van der Waals surface area contributed by atoms with Crippen LogP contribution in [0, 0.1) is 12.3 Å². The normalized spacial score (nSPS) is 13.2. The van der Waals surface area contributed by atoms with Gasteiger partial charge in [0.1, 0.15) is 0 Å². The predicted octanol–water partition coefficient (Wildman–Crippen LogP) is 3.30. The van der Waals surface area contributed by atoms with E-state index in [1.165, 1.54) is 15.9 Å². The molecule has 0 atom stereocenters. The van der Waals surface area contributed by atoms with Crippen molar-refractivity contribution < 1.29 is 0 Å². The van der Waals surface area contributed by atoms with Crippen molar-refractivity contribution in [3.05, 3.63) is 17.7 Å². The molecule has 0 spiro atoms. The van der Waals surface area contributed by atoms with Gasteiger partial charge in [0.2, 0.25) is 0 Å². The Hall–Kier alpha value is -0.569.